The molecule has 2 N–H and O–H groups in total. The van der Waals surface area contributed by atoms with E-state index in [2.05, 4.69) is 5.32 Å². The molecule has 0 amide bonds. The number of hydrogen-bond donors (Lipinski definition) is 2. The van der Waals surface area contributed by atoms with Crippen LogP contribution >= 0.6 is 0 Å². The molecule has 2 unspecified atom stereocenters. The van der Waals surface area contributed by atoms with Gasteiger partial charge in [-0.2, -0.15) is 0 Å². The van der Waals surface area contributed by atoms with Crippen molar-refractivity contribution in [3.63, 3.8) is 0 Å². The van der Waals surface area contributed by atoms with Crippen LogP contribution in [-0.2, 0) is 4.79 Å². The molecule has 0 bridgehead atoms. The lowest BCUT2D eigenvalue weighted by Gasteiger charge is -2.20. The molecule has 2 aromatic rings. The minimum absolute atomic E-state index is 0.0152. The fourth-order valence-corrected chi connectivity index (χ4v) is 3.46. The molecule has 6 heteroatoms. The van der Waals surface area contributed by atoms with Crippen LogP contribution in [0.25, 0.3) is 5.57 Å². The van der Waals surface area contributed by atoms with E-state index in [1.165, 1.54) is 0 Å². The minimum atomic E-state index is -0.681. The second-order valence-electron chi connectivity index (χ2n) is 7.34. The minimum Gasteiger partial charge on any atom is -0.493 e. The highest BCUT2D eigenvalue weighted by atomic mass is 16.5. The third kappa shape index (κ3) is 5.40. The first kappa shape index (κ1) is 21.9. The van der Waals surface area contributed by atoms with E-state index in [1.807, 2.05) is 49.4 Å². The zero-order valence-electron chi connectivity index (χ0n) is 17.7. The summed E-state index contributed by atoms with van der Waals surface area (Å²) in [4.78, 5) is 11.6. The van der Waals surface area contributed by atoms with E-state index in [-0.39, 0.29) is 18.4 Å². The van der Waals surface area contributed by atoms with Crippen molar-refractivity contribution in [2.75, 3.05) is 27.4 Å². The molecule has 0 saturated carbocycles. The molecule has 0 saturated heterocycles. The van der Waals surface area contributed by atoms with Crippen LogP contribution in [0.4, 0.5) is 0 Å². The van der Waals surface area contributed by atoms with Gasteiger partial charge in [-0.3, -0.25) is 4.79 Å². The number of carbonyl (C=O) groups is 1. The van der Waals surface area contributed by atoms with Crippen LogP contribution in [0.2, 0.25) is 0 Å². The summed E-state index contributed by atoms with van der Waals surface area (Å²) in [6.07, 6.45) is 2.28. The Bertz CT molecular complexity index is 908. The van der Waals surface area contributed by atoms with Crippen molar-refractivity contribution in [3.8, 4) is 17.2 Å². The topological polar surface area (TPSA) is 77.0 Å². The van der Waals surface area contributed by atoms with Crippen LogP contribution in [0.5, 0.6) is 17.2 Å². The first-order chi connectivity index (χ1) is 14.5. The van der Waals surface area contributed by atoms with Gasteiger partial charge in [-0.15, -0.1) is 0 Å². The number of para-hydroxylation sites is 1. The number of methoxy groups -OCH3 is 2. The molecule has 0 aliphatic heterocycles. The van der Waals surface area contributed by atoms with Crippen molar-refractivity contribution in [2.24, 2.45) is 0 Å². The summed E-state index contributed by atoms with van der Waals surface area (Å²) in [7, 11) is 3.21. The standard InChI is InChI=1S/C24H29NO5/c1-16(17-9-11-23(28-2)24(13-17)29-3)25-14-20(27)15-30-22-7-5-4-6-21(22)18-8-10-19(26)12-18/h4-7,9,11-13,16,20,25,27H,8,10,14-15H2,1-3H3. The molecule has 160 valence electrons. The van der Waals surface area contributed by atoms with Gasteiger partial charge in [0.1, 0.15) is 18.5 Å². The first-order valence-corrected chi connectivity index (χ1v) is 10.1. The van der Waals surface area contributed by atoms with Crippen molar-refractivity contribution in [1.82, 2.24) is 5.32 Å². The number of aliphatic hydroxyl groups excluding tert-OH is 1. The number of aliphatic hydroxyl groups is 1. The monoisotopic (exact) mass is 411 g/mol. The molecule has 0 spiro atoms. The molecule has 2 aromatic carbocycles. The van der Waals surface area contributed by atoms with Gasteiger partial charge in [-0.05, 0) is 48.8 Å². The quantitative estimate of drug-likeness (QED) is 0.623. The molecule has 0 heterocycles. The number of rotatable bonds is 10. The van der Waals surface area contributed by atoms with Crippen molar-refractivity contribution >= 4 is 11.4 Å². The van der Waals surface area contributed by atoms with Crippen LogP contribution in [0.1, 0.15) is 36.9 Å². The smallest absolute Gasteiger partial charge is 0.161 e. The Morgan fingerprint density at radius 2 is 1.80 bits per heavy atom. The van der Waals surface area contributed by atoms with Gasteiger partial charge in [0.2, 0.25) is 0 Å². The van der Waals surface area contributed by atoms with Crippen LogP contribution in [0.3, 0.4) is 0 Å². The summed E-state index contributed by atoms with van der Waals surface area (Å²) < 4.78 is 16.5. The van der Waals surface area contributed by atoms with Crippen LogP contribution < -0.4 is 19.5 Å². The average Bonchev–Trinajstić information content (AvgIpc) is 3.21. The molecule has 0 radical (unpaired) electrons. The zero-order valence-corrected chi connectivity index (χ0v) is 17.7. The normalized spacial score (nSPS) is 15.5. The first-order valence-electron chi connectivity index (χ1n) is 10.1. The van der Waals surface area contributed by atoms with E-state index in [0.29, 0.717) is 30.2 Å². The summed E-state index contributed by atoms with van der Waals surface area (Å²) in [6, 6.07) is 13.4. The number of hydrogen-bond acceptors (Lipinski definition) is 6. The van der Waals surface area contributed by atoms with Gasteiger partial charge in [-0.1, -0.05) is 24.3 Å². The summed E-state index contributed by atoms with van der Waals surface area (Å²) in [5.74, 6) is 2.18. The van der Waals surface area contributed by atoms with Gasteiger partial charge in [0.05, 0.1) is 14.2 Å². The van der Waals surface area contributed by atoms with Crippen molar-refractivity contribution < 1.29 is 24.1 Å². The second-order valence-corrected chi connectivity index (χ2v) is 7.34. The average molecular weight is 411 g/mol. The van der Waals surface area contributed by atoms with Crippen molar-refractivity contribution in [2.45, 2.75) is 31.9 Å². The molecule has 6 nitrogen and oxygen atoms in total. The maximum absolute atomic E-state index is 11.6. The van der Waals surface area contributed by atoms with E-state index in [1.54, 1.807) is 20.3 Å². The van der Waals surface area contributed by atoms with E-state index >= 15 is 0 Å². The molecular formula is C24H29NO5. The Hall–Kier alpha value is -2.83. The number of ether oxygens (including phenoxy) is 3. The highest BCUT2D eigenvalue weighted by molar-refractivity contribution is 6.02. The number of benzene rings is 2. The van der Waals surface area contributed by atoms with Crippen molar-refractivity contribution in [3.05, 3.63) is 59.7 Å². The lowest BCUT2D eigenvalue weighted by Crippen LogP contribution is -2.33. The summed E-state index contributed by atoms with van der Waals surface area (Å²) in [6.45, 7) is 2.55. The maximum atomic E-state index is 11.6. The van der Waals surface area contributed by atoms with E-state index in [0.717, 1.165) is 23.1 Å². The largest absolute Gasteiger partial charge is 0.493 e. The summed E-state index contributed by atoms with van der Waals surface area (Å²) >= 11 is 0. The van der Waals surface area contributed by atoms with Gasteiger partial charge < -0.3 is 24.6 Å². The number of allylic oxidation sites excluding steroid dienone is 2. The zero-order chi connectivity index (χ0) is 21.5. The van der Waals surface area contributed by atoms with Gasteiger partial charge >= 0.3 is 0 Å². The van der Waals surface area contributed by atoms with Crippen LogP contribution in [0, 0.1) is 0 Å². The molecule has 3 rings (SSSR count). The summed E-state index contributed by atoms with van der Waals surface area (Å²) in [5.41, 5.74) is 2.94. The predicted molar refractivity (Wildman–Crippen MR) is 116 cm³/mol. The fourth-order valence-electron chi connectivity index (χ4n) is 3.46. The second kappa shape index (κ2) is 10.3. The highest BCUT2D eigenvalue weighted by Crippen LogP contribution is 2.33. The Balaban J connectivity index is 1.54. The van der Waals surface area contributed by atoms with E-state index in [4.69, 9.17) is 14.2 Å². The molecule has 1 aliphatic rings. The molecule has 0 fully saturated rings. The maximum Gasteiger partial charge on any atom is 0.161 e. The lowest BCUT2D eigenvalue weighted by molar-refractivity contribution is -0.114. The SMILES string of the molecule is COc1ccc(C(C)NCC(O)COc2ccccc2C2=CC(=O)CC2)cc1OC. The molecule has 30 heavy (non-hydrogen) atoms. The Labute approximate surface area is 177 Å². The Morgan fingerprint density at radius 1 is 1.03 bits per heavy atom. The summed E-state index contributed by atoms with van der Waals surface area (Å²) in [5, 5.41) is 13.7. The third-order valence-electron chi connectivity index (χ3n) is 5.21. The van der Waals surface area contributed by atoms with E-state index in [9.17, 15) is 9.90 Å². The van der Waals surface area contributed by atoms with Crippen LogP contribution in [0.15, 0.2) is 48.5 Å². The lowest BCUT2D eigenvalue weighted by atomic mass is 10.0. The Kier molecular flexibility index (Phi) is 7.49. The number of nitrogens with one attached hydrogen (secondary N) is 1. The van der Waals surface area contributed by atoms with Crippen molar-refractivity contribution in [1.29, 1.82) is 0 Å². The molecule has 2 atom stereocenters. The Morgan fingerprint density at radius 3 is 2.50 bits per heavy atom. The van der Waals surface area contributed by atoms with Gasteiger partial charge in [0, 0.05) is 24.6 Å². The molecule has 1 aliphatic carbocycles. The highest BCUT2D eigenvalue weighted by Gasteiger charge is 2.18. The molecular weight excluding hydrogens is 382 g/mol. The van der Waals surface area contributed by atoms with Gasteiger partial charge in [0.25, 0.3) is 0 Å². The van der Waals surface area contributed by atoms with E-state index < -0.39 is 6.10 Å². The predicted octanol–water partition coefficient (Wildman–Crippen LogP) is 3.54. The third-order valence-corrected chi connectivity index (χ3v) is 5.21. The van der Waals surface area contributed by atoms with Gasteiger partial charge in [0.15, 0.2) is 17.3 Å². The van der Waals surface area contributed by atoms with Gasteiger partial charge in [-0.25, -0.2) is 0 Å². The van der Waals surface area contributed by atoms with Crippen LogP contribution in [-0.4, -0.2) is 44.4 Å². The fraction of sp³-hybridized carbons (Fsp3) is 0.375. The number of ketones is 1. The molecule has 0 aromatic heterocycles. The number of carbonyl (C=O) groups excluding carboxylic acids is 1.